The van der Waals surface area contributed by atoms with Crippen LogP contribution in [0.4, 0.5) is 0 Å². The van der Waals surface area contributed by atoms with Gasteiger partial charge >= 0.3 is 0 Å². The number of aryl methyl sites for hydroxylation is 2. The summed E-state index contributed by atoms with van der Waals surface area (Å²) in [6.45, 7) is 6.41. The lowest BCUT2D eigenvalue weighted by Crippen LogP contribution is -2.24. The van der Waals surface area contributed by atoms with E-state index in [1.807, 2.05) is 4.68 Å². The first-order valence-electron chi connectivity index (χ1n) is 6.99. The predicted octanol–water partition coefficient (Wildman–Crippen LogP) is 1.95. The van der Waals surface area contributed by atoms with E-state index in [1.54, 1.807) is 0 Å². The van der Waals surface area contributed by atoms with Crippen molar-refractivity contribution in [3.05, 3.63) is 11.6 Å². The van der Waals surface area contributed by atoms with Crippen molar-refractivity contribution >= 4 is 0 Å². The van der Waals surface area contributed by atoms with Gasteiger partial charge in [0.15, 0.2) is 12.1 Å². The molecule has 1 aliphatic heterocycles. The fourth-order valence-corrected chi connectivity index (χ4v) is 2.13. The van der Waals surface area contributed by atoms with Crippen LogP contribution in [-0.4, -0.2) is 34.3 Å². The normalized spacial score (nSPS) is 20.2. The molecular weight excluding hydrogens is 230 g/mol. The molecule has 0 saturated carbocycles. The summed E-state index contributed by atoms with van der Waals surface area (Å²) in [6.07, 6.45) is 5.15. The maximum atomic E-state index is 5.72. The van der Waals surface area contributed by atoms with Gasteiger partial charge in [-0.15, -0.1) is 0 Å². The summed E-state index contributed by atoms with van der Waals surface area (Å²) in [7, 11) is 0. The Hall–Kier alpha value is -0.940. The molecule has 0 radical (unpaired) electrons. The minimum absolute atomic E-state index is 0.0157. The first kappa shape index (κ1) is 13.5. The maximum absolute atomic E-state index is 5.72. The molecule has 18 heavy (non-hydrogen) atoms. The highest BCUT2D eigenvalue weighted by molar-refractivity contribution is 4.92. The smallest absolute Gasteiger partial charge is 0.157 e. The lowest BCUT2D eigenvalue weighted by atomic mass is 10.2. The van der Waals surface area contributed by atoms with Crippen LogP contribution in [0.2, 0.25) is 0 Å². The average molecular weight is 253 g/mol. The minimum atomic E-state index is -0.0157. The van der Waals surface area contributed by atoms with Gasteiger partial charge in [-0.25, -0.2) is 9.67 Å². The third-order valence-electron chi connectivity index (χ3n) is 3.17. The molecule has 1 fully saturated rings. The number of hydrogen-bond acceptors (Lipinski definition) is 4. The highest BCUT2D eigenvalue weighted by Crippen LogP contribution is 2.13. The third-order valence-corrected chi connectivity index (χ3v) is 3.17. The first-order chi connectivity index (χ1) is 8.83. The van der Waals surface area contributed by atoms with E-state index >= 15 is 0 Å². The topological polar surface area (TPSA) is 49.2 Å². The molecule has 1 aliphatic rings. The second-order valence-electron chi connectivity index (χ2n) is 4.54. The van der Waals surface area contributed by atoms with Crippen molar-refractivity contribution in [2.45, 2.75) is 58.8 Å². The van der Waals surface area contributed by atoms with Gasteiger partial charge in [0.2, 0.25) is 0 Å². The fourth-order valence-electron chi connectivity index (χ4n) is 2.13. The van der Waals surface area contributed by atoms with Gasteiger partial charge in [0.05, 0.1) is 13.2 Å². The zero-order valence-electron chi connectivity index (χ0n) is 11.4. The molecule has 0 spiro atoms. The number of hydrogen-bond donors (Lipinski definition) is 0. The Bertz CT molecular complexity index is 359. The Kier molecular flexibility index (Phi) is 5.13. The number of aromatic nitrogens is 3. The van der Waals surface area contributed by atoms with Gasteiger partial charge in [-0.1, -0.05) is 13.8 Å². The summed E-state index contributed by atoms with van der Waals surface area (Å²) in [5.41, 5.74) is 0. The van der Waals surface area contributed by atoms with E-state index in [9.17, 15) is 0 Å². The van der Waals surface area contributed by atoms with Crippen molar-refractivity contribution in [3.8, 4) is 0 Å². The van der Waals surface area contributed by atoms with E-state index in [0.717, 1.165) is 50.5 Å². The zero-order valence-corrected chi connectivity index (χ0v) is 11.4. The minimum Gasteiger partial charge on any atom is -0.353 e. The third kappa shape index (κ3) is 3.53. The summed E-state index contributed by atoms with van der Waals surface area (Å²) in [5.74, 6) is 1.96. The molecular formula is C13H23N3O2. The van der Waals surface area contributed by atoms with Gasteiger partial charge in [0.25, 0.3) is 0 Å². The highest BCUT2D eigenvalue weighted by Gasteiger charge is 2.14. The SMILES string of the molecule is CCc1nc(CC)n(CCO[C@H]2CCCCO2)n1. The molecule has 0 amide bonds. The molecule has 2 heterocycles. The Labute approximate surface area is 108 Å². The monoisotopic (exact) mass is 253 g/mol. The summed E-state index contributed by atoms with van der Waals surface area (Å²) in [6, 6.07) is 0. The molecule has 102 valence electrons. The molecule has 1 aromatic rings. The second-order valence-corrected chi connectivity index (χ2v) is 4.54. The Morgan fingerprint density at radius 1 is 1.33 bits per heavy atom. The van der Waals surface area contributed by atoms with Gasteiger partial charge in [-0.2, -0.15) is 5.10 Å². The maximum Gasteiger partial charge on any atom is 0.157 e. The molecule has 5 heteroatoms. The van der Waals surface area contributed by atoms with Crippen molar-refractivity contribution in [1.29, 1.82) is 0 Å². The van der Waals surface area contributed by atoms with Gasteiger partial charge in [0.1, 0.15) is 5.82 Å². The van der Waals surface area contributed by atoms with Crippen LogP contribution in [-0.2, 0) is 28.9 Å². The number of ether oxygens (including phenoxy) is 2. The van der Waals surface area contributed by atoms with E-state index in [4.69, 9.17) is 9.47 Å². The van der Waals surface area contributed by atoms with Crippen LogP contribution in [0.3, 0.4) is 0 Å². The van der Waals surface area contributed by atoms with Crippen LogP contribution >= 0.6 is 0 Å². The molecule has 0 aromatic carbocycles. The lowest BCUT2D eigenvalue weighted by molar-refractivity contribution is -0.163. The highest BCUT2D eigenvalue weighted by atomic mass is 16.7. The van der Waals surface area contributed by atoms with E-state index in [-0.39, 0.29) is 6.29 Å². The molecule has 1 atom stereocenters. The Morgan fingerprint density at radius 3 is 2.89 bits per heavy atom. The van der Waals surface area contributed by atoms with Crippen LogP contribution in [0.5, 0.6) is 0 Å². The van der Waals surface area contributed by atoms with Gasteiger partial charge in [0, 0.05) is 19.4 Å². The fraction of sp³-hybridized carbons (Fsp3) is 0.846. The van der Waals surface area contributed by atoms with E-state index in [0.29, 0.717) is 6.61 Å². The van der Waals surface area contributed by atoms with Gasteiger partial charge in [-0.05, 0) is 19.3 Å². The lowest BCUT2D eigenvalue weighted by Gasteiger charge is -2.22. The van der Waals surface area contributed by atoms with Gasteiger partial charge < -0.3 is 9.47 Å². The average Bonchev–Trinajstić information content (AvgIpc) is 2.82. The molecule has 0 unspecified atom stereocenters. The van der Waals surface area contributed by atoms with Crippen LogP contribution in [0.1, 0.15) is 44.8 Å². The van der Waals surface area contributed by atoms with Crippen LogP contribution in [0, 0.1) is 0 Å². The van der Waals surface area contributed by atoms with Crippen molar-refractivity contribution in [2.75, 3.05) is 13.2 Å². The van der Waals surface area contributed by atoms with Crippen LogP contribution < -0.4 is 0 Å². The Morgan fingerprint density at radius 2 is 2.22 bits per heavy atom. The van der Waals surface area contributed by atoms with Crippen molar-refractivity contribution in [3.63, 3.8) is 0 Å². The summed E-state index contributed by atoms with van der Waals surface area (Å²) >= 11 is 0. The summed E-state index contributed by atoms with van der Waals surface area (Å²) < 4.78 is 13.2. The van der Waals surface area contributed by atoms with Gasteiger partial charge in [-0.3, -0.25) is 0 Å². The summed E-state index contributed by atoms with van der Waals surface area (Å²) in [5, 5.41) is 4.47. The van der Waals surface area contributed by atoms with Crippen molar-refractivity contribution < 1.29 is 9.47 Å². The molecule has 2 rings (SSSR count). The molecule has 0 aliphatic carbocycles. The standard InChI is InChI=1S/C13H23N3O2/c1-3-11-14-12(4-2)16(15-11)8-10-18-13-7-5-6-9-17-13/h13H,3-10H2,1-2H3/t13-/m0/s1. The van der Waals surface area contributed by atoms with E-state index in [2.05, 4.69) is 23.9 Å². The number of nitrogens with zero attached hydrogens (tertiary/aromatic N) is 3. The molecule has 0 bridgehead atoms. The molecule has 5 nitrogen and oxygen atoms in total. The predicted molar refractivity (Wildman–Crippen MR) is 68.3 cm³/mol. The summed E-state index contributed by atoms with van der Waals surface area (Å²) in [4.78, 5) is 4.48. The van der Waals surface area contributed by atoms with Crippen LogP contribution in [0.25, 0.3) is 0 Å². The second kappa shape index (κ2) is 6.85. The molecule has 1 aromatic heterocycles. The van der Waals surface area contributed by atoms with E-state index in [1.165, 1.54) is 6.42 Å². The van der Waals surface area contributed by atoms with Crippen LogP contribution in [0.15, 0.2) is 0 Å². The number of rotatable bonds is 6. The zero-order chi connectivity index (χ0) is 12.8. The van der Waals surface area contributed by atoms with E-state index < -0.39 is 0 Å². The quantitative estimate of drug-likeness (QED) is 0.777. The van der Waals surface area contributed by atoms with Crippen molar-refractivity contribution in [2.24, 2.45) is 0 Å². The molecule has 1 saturated heterocycles. The largest absolute Gasteiger partial charge is 0.353 e. The first-order valence-corrected chi connectivity index (χ1v) is 6.99. The molecule has 0 N–H and O–H groups in total. The van der Waals surface area contributed by atoms with Crippen molar-refractivity contribution in [1.82, 2.24) is 14.8 Å². The Balaban J connectivity index is 1.79.